The minimum Gasteiger partial charge on any atom is -0.504 e. The van der Waals surface area contributed by atoms with Crippen LogP contribution in [-0.2, 0) is 14.3 Å². The Balaban J connectivity index is 0.000000362. The Hall–Kier alpha value is -3.82. The lowest BCUT2D eigenvalue weighted by Crippen LogP contribution is -2.09. The molecule has 3 N–H and O–H groups in total. The van der Waals surface area contributed by atoms with Crippen LogP contribution < -0.4 is 14.2 Å². The van der Waals surface area contributed by atoms with Gasteiger partial charge in [-0.3, -0.25) is 4.79 Å². The van der Waals surface area contributed by atoms with Crippen LogP contribution in [0, 0.1) is 0 Å². The van der Waals surface area contributed by atoms with Gasteiger partial charge in [0.2, 0.25) is 0 Å². The first-order chi connectivity index (χ1) is 16.3. The molecule has 0 amide bonds. The number of ketones is 1. The number of phenols is 1. The number of aliphatic hydroxyl groups is 1. The number of aliphatic carboxylic acids is 1. The van der Waals surface area contributed by atoms with Crippen molar-refractivity contribution >= 4 is 23.9 Å². The molecular formula is C25H30O9. The van der Waals surface area contributed by atoms with Gasteiger partial charge in [-0.15, -0.1) is 0 Å². The van der Waals surface area contributed by atoms with E-state index in [1.165, 1.54) is 32.3 Å². The highest BCUT2D eigenvalue weighted by Gasteiger charge is 2.05. The summed E-state index contributed by atoms with van der Waals surface area (Å²) in [7, 11) is 2.99. The molecule has 0 aliphatic rings. The summed E-state index contributed by atoms with van der Waals surface area (Å²) in [6, 6.07) is 10.0. The molecule has 0 saturated carbocycles. The maximum atomic E-state index is 10.9. The van der Waals surface area contributed by atoms with Crippen LogP contribution >= 0.6 is 0 Å². The zero-order chi connectivity index (χ0) is 25.3. The number of allylic oxidation sites excluding steroid dienone is 1. The van der Waals surface area contributed by atoms with Crippen molar-refractivity contribution in [3.63, 3.8) is 0 Å². The van der Waals surface area contributed by atoms with Crippen LogP contribution in [0.1, 0.15) is 18.1 Å². The Labute approximate surface area is 198 Å². The first kappa shape index (κ1) is 28.2. The minimum absolute atomic E-state index is 0.000498. The molecule has 2 aromatic carbocycles. The first-order valence-corrected chi connectivity index (χ1v) is 10.3. The molecule has 0 aromatic heterocycles. The number of carboxylic acid groups (broad SMARTS) is 1. The maximum Gasteiger partial charge on any atom is 0.328 e. The van der Waals surface area contributed by atoms with Crippen molar-refractivity contribution in [3.8, 4) is 23.0 Å². The highest BCUT2D eigenvalue weighted by atomic mass is 16.5. The van der Waals surface area contributed by atoms with E-state index in [1.807, 2.05) is 6.07 Å². The van der Waals surface area contributed by atoms with Crippen molar-refractivity contribution in [2.45, 2.75) is 6.92 Å². The second-order valence-corrected chi connectivity index (χ2v) is 6.64. The average molecular weight is 475 g/mol. The Morgan fingerprint density at radius 3 is 2.06 bits per heavy atom. The standard InChI is InChI=1S/C15H20O5.C10H10O4/c1-12(17)3-4-13-5-6-14(15(11-13)18-2)20-10-9-19-8-7-16;1-14-9-6-7(2-4-8(9)11)3-5-10(12)13/h3-6,11,16H,7-10H2,1-2H3;2-6,11H,1H3,(H,12,13)/b4-3+;5-3+. The van der Waals surface area contributed by atoms with Gasteiger partial charge in [-0.1, -0.05) is 18.2 Å². The first-order valence-electron chi connectivity index (χ1n) is 10.3. The van der Waals surface area contributed by atoms with Gasteiger partial charge in [-0.25, -0.2) is 4.79 Å². The molecule has 0 bridgehead atoms. The number of carbonyl (C=O) groups is 2. The summed E-state index contributed by atoms with van der Waals surface area (Å²) < 4.78 is 20.7. The molecular weight excluding hydrogens is 444 g/mol. The average Bonchev–Trinajstić information content (AvgIpc) is 2.82. The van der Waals surface area contributed by atoms with Gasteiger partial charge in [-0.2, -0.15) is 0 Å². The molecule has 0 saturated heterocycles. The van der Waals surface area contributed by atoms with Gasteiger partial charge in [0, 0.05) is 6.08 Å². The molecule has 0 atom stereocenters. The highest BCUT2D eigenvalue weighted by molar-refractivity contribution is 5.91. The summed E-state index contributed by atoms with van der Waals surface area (Å²) in [5.74, 6) is 0.526. The lowest BCUT2D eigenvalue weighted by atomic mass is 10.2. The van der Waals surface area contributed by atoms with Gasteiger partial charge in [0.1, 0.15) is 6.61 Å². The zero-order valence-electron chi connectivity index (χ0n) is 19.4. The third-order valence-electron chi connectivity index (χ3n) is 4.04. The molecule has 9 heteroatoms. The number of carboxylic acids is 1. The highest BCUT2D eigenvalue weighted by Crippen LogP contribution is 2.28. The van der Waals surface area contributed by atoms with Gasteiger partial charge >= 0.3 is 5.97 Å². The van der Waals surface area contributed by atoms with Crippen molar-refractivity contribution in [1.82, 2.24) is 0 Å². The zero-order valence-corrected chi connectivity index (χ0v) is 19.4. The van der Waals surface area contributed by atoms with Gasteiger partial charge in [0.25, 0.3) is 0 Å². The van der Waals surface area contributed by atoms with Gasteiger partial charge in [-0.05, 0) is 54.5 Å². The van der Waals surface area contributed by atoms with E-state index in [2.05, 4.69) is 0 Å². The minimum atomic E-state index is -1.02. The van der Waals surface area contributed by atoms with Crippen LogP contribution in [-0.4, -0.2) is 67.7 Å². The van der Waals surface area contributed by atoms with Gasteiger partial charge < -0.3 is 34.3 Å². The van der Waals surface area contributed by atoms with Crippen molar-refractivity contribution in [2.75, 3.05) is 40.6 Å². The van der Waals surface area contributed by atoms with E-state index in [9.17, 15) is 14.7 Å². The van der Waals surface area contributed by atoms with Crippen LogP contribution in [0.4, 0.5) is 0 Å². The molecule has 0 radical (unpaired) electrons. The lowest BCUT2D eigenvalue weighted by molar-refractivity contribution is -0.131. The van der Waals surface area contributed by atoms with Crippen molar-refractivity contribution < 1.29 is 43.9 Å². The normalized spacial score (nSPS) is 10.6. The molecule has 34 heavy (non-hydrogen) atoms. The van der Waals surface area contributed by atoms with Gasteiger partial charge in [0.05, 0.1) is 34.0 Å². The summed E-state index contributed by atoms with van der Waals surface area (Å²) >= 11 is 0. The van der Waals surface area contributed by atoms with E-state index in [4.69, 9.17) is 29.2 Å². The van der Waals surface area contributed by atoms with Crippen LogP contribution in [0.15, 0.2) is 48.6 Å². The van der Waals surface area contributed by atoms with Crippen LogP contribution in [0.25, 0.3) is 12.2 Å². The molecule has 0 heterocycles. The quantitative estimate of drug-likeness (QED) is 0.313. The van der Waals surface area contributed by atoms with Gasteiger partial charge in [0.15, 0.2) is 28.8 Å². The third-order valence-corrected chi connectivity index (χ3v) is 4.04. The van der Waals surface area contributed by atoms with Crippen LogP contribution in [0.5, 0.6) is 23.0 Å². The monoisotopic (exact) mass is 474 g/mol. The number of ether oxygens (including phenoxy) is 4. The fraction of sp³-hybridized carbons (Fsp3) is 0.280. The summed E-state index contributed by atoms with van der Waals surface area (Å²) in [5.41, 5.74) is 1.52. The molecule has 0 spiro atoms. The summed E-state index contributed by atoms with van der Waals surface area (Å²) in [5, 5.41) is 26.2. The lowest BCUT2D eigenvalue weighted by Gasteiger charge is -2.11. The fourth-order valence-electron chi connectivity index (χ4n) is 2.46. The number of rotatable bonds is 12. The smallest absolute Gasteiger partial charge is 0.328 e. The number of hydrogen-bond acceptors (Lipinski definition) is 8. The van der Waals surface area contributed by atoms with Crippen LogP contribution in [0.3, 0.4) is 0 Å². The van der Waals surface area contributed by atoms with E-state index >= 15 is 0 Å². The van der Waals surface area contributed by atoms with E-state index in [-0.39, 0.29) is 18.1 Å². The molecule has 9 nitrogen and oxygen atoms in total. The number of hydrogen-bond donors (Lipinski definition) is 3. The predicted octanol–water partition coefficient (Wildman–Crippen LogP) is 3.18. The van der Waals surface area contributed by atoms with Crippen molar-refractivity contribution in [1.29, 1.82) is 0 Å². The second-order valence-electron chi connectivity index (χ2n) is 6.64. The molecule has 2 rings (SSSR count). The molecule has 0 fully saturated rings. The SMILES string of the molecule is COc1cc(/C=C/C(=O)O)ccc1O.COc1cc(/C=C/C(C)=O)ccc1OCCOCCO. The topological polar surface area (TPSA) is 132 Å². The van der Waals surface area contributed by atoms with E-state index in [1.54, 1.807) is 37.5 Å². The van der Waals surface area contributed by atoms with Crippen LogP contribution in [0.2, 0.25) is 0 Å². The Morgan fingerprint density at radius 1 is 0.853 bits per heavy atom. The Kier molecular flexibility index (Phi) is 13.2. The number of aromatic hydroxyl groups is 1. The molecule has 0 aliphatic carbocycles. The predicted molar refractivity (Wildman–Crippen MR) is 127 cm³/mol. The third kappa shape index (κ3) is 11.2. The molecule has 0 aliphatic heterocycles. The molecule has 184 valence electrons. The second kappa shape index (κ2) is 15.9. The number of aliphatic hydroxyl groups excluding tert-OH is 1. The van der Waals surface area contributed by atoms with E-state index in [0.717, 1.165) is 11.6 Å². The Bertz CT molecular complexity index is 980. The van der Waals surface area contributed by atoms with Crippen molar-refractivity contribution in [2.24, 2.45) is 0 Å². The van der Waals surface area contributed by atoms with Crippen molar-refractivity contribution in [3.05, 3.63) is 59.7 Å². The number of carbonyl (C=O) groups excluding carboxylic acids is 1. The number of methoxy groups -OCH3 is 2. The summed E-state index contributed by atoms with van der Waals surface area (Å²) in [6.45, 7) is 2.57. The Morgan fingerprint density at radius 2 is 1.47 bits per heavy atom. The maximum absolute atomic E-state index is 10.9. The van der Waals surface area contributed by atoms with E-state index < -0.39 is 5.97 Å². The fourth-order valence-corrected chi connectivity index (χ4v) is 2.46. The largest absolute Gasteiger partial charge is 0.504 e. The van der Waals surface area contributed by atoms with E-state index in [0.29, 0.717) is 42.6 Å². The summed E-state index contributed by atoms with van der Waals surface area (Å²) in [4.78, 5) is 21.1. The molecule has 0 unspecified atom stereocenters. The summed E-state index contributed by atoms with van der Waals surface area (Å²) in [6.07, 6.45) is 5.66. The number of phenolic OH excluding ortho intramolecular Hbond substituents is 1. The molecule has 2 aromatic rings. The number of benzene rings is 2.